The molecule has 0 spiro atoms. The van der Waals surface area contributed by atoms with E-state index in [1.807, 2.05) is 0 Å². The van der Waals surface area contributed by atoms with Crippen LogP contribution in [-0.4, -0.2) is 11.1 Å². The zero-order valence-electron chi connectivity index (χ0n) is 8.97. The molecule has 1 N–H and O–H groups in total. The second-order valence-electron chi connectivity index (χ2n) is 4.39. The largest absolute Gasteiger partial charge is 0.481 e. The smallest absolute Gasteiger partial charge is 0.310 e. The number of carboxylic acids is 1. The van der Waals surface area contributed by atoms with Gasteiger partial charge in [-0.2, -0.15) is 0 Å². The summed E-state index contributed by atoms with van der Waals surface area (Å²) >= 11 is 0. The Hall–Kier alpha value is -0.970. The third-order valence-corrected chi connectivity index (χ3v) is 3.15. The van der Waals surface area contributed by atoms with Crippen molar-refractivity contribution >= 4 is 5.97 Å². The lowest BCUT2D eigenvalue weighted by Crippen LogP contribution is -2.35. The highest BCUT2D eigenvalue weighted by molar-refractivity contribution is 5.75. The first-order chi connectivity index (χ1) is 6.60. The first-order valence-electron chi connectivity index (χ1n) is 5.24. The van der Waals surface area contributed by atoms with Gasteiger partial charge in [-0.25, -0.2) is 0 Å². The molecule has 0 aromatic carbocycles. The fraction of sp³-hybridized carbons (Fsp3) is 0.750. The van der Waals surface area contributed by atoms with Crippen LogP contribution in [0.3, 0.4) is 0 Å². The van der Waals surface area contributed by atoms with Crippen LogP contribution in [0.4, 0.5) is 0 Å². The molecule has 14 heavy (non-hydrogen) atoms. The molecule has 2 heteroatoms. The van der Waals surface area contributed by atoms with Gasteiger partial charge in [-0.15, -0.1) is 11.8 Å². The van der Waals surface area contributed by atoms with Crippen molar-refractivity contribution in [1.82, 2.24) is 0 Å². The normalized spacial score (nSPS) is 31.7. The summed E-state index contributed by atoms with van der Waals surface area (Å²) in [7, 11) is 0. The number of hydrogen-bond acceptors (Lipinski definition) is 1. The topological polar surface area (TPSA) is 37.3 Å². The molecule has 0 amide bonds. The lowest BCUT2D eigenvalue weighted by molar-refractivity contribution is -0.151. The van der Waals surface area contributed by atoms with Gasteiger partial charge in [0.2, 0.25) is 0 Å². The average Bonchev–Trinajstić information content (AvgIpc) is 2.14. The summed E-state index contributed by atoms with van der Waals surface area (Å²) in [6, 6.07) is 0. The quantitative estimate of drug-likeness (QED) is 0.686. The van der Waals surface area contributed by atoms with E-state index in [4.69, 9.17) is 0 Å². The molecule has 1 rings (SSSR count). The van der Waals surface area contributed by atoms with Gasteiger partial charge in [0.1, 0.15) is 0 Å². The fourth-order valence-corrected chi connectivity index (χ4v) is 2.35. The molecule has 2 unspecified atom stereocenters. The molecule has 78 valence electrons. The van der Waals surface area contributed by atoms with Crippen molar-refractivity contribution in [2.75, 3.05) is 0 Å². The zero-order chi connectivity index (χ0) is 10.6. The zero-order valence-corrected chi connectivity index (χ0v) is 8.97. The number of carbonyl (C=O) groups is 1. The van der Waals surface area contributed by atoms with E-state index in [1.165, 1.54) is 0 Å². The van der Waals surface area contributed by atoms with Gasteiger partial charge < -0.3 is 5.11 Å². The van der Waals surface area contributed by atoms with Gasteiger partial charge >= 0.3 is 5.97 Å². The van der Waals surface area contributed by atoms with Gasteiger partial charge in [0.25, 0.3) is 0 Å². The molecular weight excluding hydrogens is 176 g/mol. The highest BCUT2D eigenvalue weighted by Crippen LogP contribution is 2.41. The lowest BCUT2D eigenvalue weighted by Gasteiger charge is -2.35. The Labute approximate surface area is 85.7 Å². The van der Waals surface area contributed by atoms with Crippen molar-refractivity contribution in [1.29, 1.82) is 0 Å². The molecule has 0 bridgehead atoms. The molecular formula is C12H18O2. The Balaban J connectivity index is 2.78. The fourth-order valence-electron chi connectivity index (χ4n) is 2.35. The summed E-state index contributed by atoms with van der Waals surface area (Å²) in [5.41, 5.74) is -0.555. The van der Waals surface area contributed by atoms with E-state index in [-0.39, 0.29) is 0 Å². The predicted octanol–water partition coefficient (Wildman–Crippen LogP) is 2.68. The lowest BCUT2D eigenvalue weighted by atomic mass is 9.68. The van der Waals surface area contributed by atoms with Crippen LogP contribution in [-0.2, 0) is 4.79 Å². The monoisotopic (exact) mass is 194 g/mol. The maximum Gasteiger partial charge on any atom is 0.310 e. The van der Waals surface area contributed by atoms with Crippen LogP contribution in [0.1, 0.15) is 46.0 Å². The van der Waals surface area contributed by atoms with Crippen LogP contribution in [0.25, 0.3) is 0 Å². The van der Waals surface area contributed by atoms with Gasteiger partial charge in [0.05, 0.1) is 5.41 Å². The Kier molecular flexibility index (Phi) is 3.57. The molecule has 0 aromatic rings. The van der Waals surface area contributed by atoms with E-state index >= 15 is 0 Å². The minimum atomic E-state index is -0.660. The van der Waals surface area contributed by atoms with E-state index in [0.29, 0.717) is 12.3 Å². The Morgan fingerprint density at radius 2 is 2.36 bits per heavy atom. The summed E-state index contributed by atoms with van der Waals surface area (Å²) in [6.07, 6.45) is 4.29. The van der Waals surface area contributed by atoms with Gasteiger partial charge in [0.15, 0.2) is 0 Å². The van der Waals surface area contributed by atoms with Crippen LogP contribution >= 0.6 is 0 Å². The Morgan fingerprint density at radius 3 is 2.86 bits per heavy atom. The molecule has 1 saturated carbocycles. The van der Waals surface area contributed by atoms with Crippen LogP contribution in [0.5, 0.6) is 0 Å². The van der Waals surface area contributed by atoms with Crippen molar-refractivity contribution in [2.24, 2.45) is 11.3 Å². The molecule has 1 fully saturated rings. The highest BCUT2D eigenvalue weighted by Gasteiger charge is 2.41. The first-order valence-corrected chi connectivity index (χ1v) is 5.24. The van der Waals surface area contributed by atoms with E-state index in [9.17, 15) is 9.90 Å². The molecule has 2 atom stereocenters. The van der Waals surface area contributed by atoms with Crippen LogP contribution in [0.15, 0.2) is 0 Å². The van der Waals surface area contributed by atoms with Gasteiger partial charge in [-0.05, 0) is 25.7 Å². The maximum absolute atomic E-state index is 11.3. The van der Waals surface area contributed by atoms with E-state index in [0.717, 1.165) is 25.7 Å². The van der Waals surface area contributed by atoms with E-state index in [2.05, 4.69) is 18.8 Å². The third kappa shape index (κ3) is 2.29. The number of rotatable bonds is 2. The molecule has 0 aromatic heterocycles. The summed E-state index contributed by atoms with van der Waals surface area (Å²) in [4.78, 5) is 11.3. The minimum absolute atomic E-state index is 0.517. The van der Waals surface area contributed by atoms with E-state index in [1.54, 1.807) is 6.92 Å². The molecule has 0 saturated heterocycles. The first kappa shape index (κ1) is 11.1. The second-order valence-corrected chi connectivity index (χ2v) is 4.39. The molecule has 0 aliphatic heterocycles. The SMILES string of the molecule is CC#CCC1(C(=O)O)CCCC(C)C1. The van der Waals surface area contributed by atoms with Crippen molar-refractivity contribution in [3.8, 4) is 11.8 Å². The Morgan fingerprint density at radius 1 is 1.64 bits per heavy atom. The molecule has 2 nitrogen and oxygen atoms in total. The molecule has 1 aliphatic carbocycles. The Bertz CT molecular complexity index is 272. The summed E-state index contributed by atoms with van der Waals surface area (Å²) < 4.78 is 0. The van der Waals surface area contributed by atoms with Crippen molar-refractivity contribution < 1.29 is 9.90 Å². The second kappa shape index (κ2) is 4.50. The molecule has 0 radical (unpaired) electrons. The van der Waals surface area contributed by atoms with Crippen LogP contribution < -0.4 is 0 Å². The summed E-state index contributed by atoms with van der Waals surface area (Å²) in [5, 5.41) is 9.27. The number of hydrogen-bond donors (Lipinski definition) is 1. The van der Waals surface area contributed by atoms with Crippen molar-refractivity contribution in [2.45, 2.75) is 46.0 Å². The molecule has 1 aliphatic rings. The minimum Gasteiger partial charge on any atom is -0.481 e. The standard InChI is InChI=1S/C12H18O2/c1-3-4-7-12(11(13)14)8-5-6-10(2)9-12/h10H,5-9H2,1-2H3,(H,13,14). The average molecular weight is 194 g/mol. The number of aliphatic carboxylic acids is 1. The van der Waals surface area contributed by atoms with Gasteiger partial charge in [0, 0.05) is 6.42 Å². The van der Waals surface area contributed by atoms with Gasteiger partial charge in [-0.3, -0.25) is 4.79 Å². The van der Waals surface area contributed by atoms with Crippen LogP contribution in [0, 0.1) is 23.2 Å². The molecule has 0 heterocycles. The summed E-state index contributed by atoms with van der Waals surface area (Å²) in [6.45, 7) is 3.90. The van der Waals surface area contributed by atoms with Crippen molar-refractivity contribution in [3.63, 3.8) is 0 Å². The predicted molar refractivity (Wildman–Crippen MR) is 55.8 cm³/mol. The highest BCUT2D eigenvalue weighted by atomic mass is 16.4. The van der Waals surface area contributed by atoms with Crippen LogP contribution in [0.2, 0.25) is 0 Å². The van der Waals surface area contributed by atoms with Gasteiger partial charge in [-0.1, -0.05) is 19.8 Å². The summed E-state index contributed by atoms with van der Waals surface area (Å²) in [5.74, 6) is 5.59. The maximum atomic E-state index is 11.3. The van der Waals surface area contributed by atoms with E-state index < -0.39 is 11.4 Å². The van der Waals surface area contributed by atoms with Crippen molar-refractivity contribution in [3.05, 3.63) is 0 Å². The number of carboxylic acid groups (broad SMARTS) is 1. The third-order valence-electron chi connectivity index (χ3n) is 3.15.